The van der Waals surface area contributed by atoms with Crippen molar-refractivity contribution in [2.24, 2.45) is 5.92 Å². The zero-order chi connectivity index (χ0) is 19.2. The molecule has 1 amide bonds. The maximum atomic E-state index is 12.9. The van der Waals surface area contributed by atoms with Gasteiger partial charge in [-0.05, 0) is 37.0 Å². The lowest BCUT2D eigenvalue weighted by Crippen LogP contribution is -2.23. The Balaban J connectivity index is 1.94. The van der Waals surface area contributed by atoms with E-state index in [1.54, 1.807) is 0 Å². The normalized spacial score (nSPS) is 12.3. The molecule has 0 saturated heterocycles. The van der Waals surface area contributed by atoms with E-state index in [1.165, 1.54) is 5.56 Å². The molecule has 142 valence electrons. The molecule has 4 heteroatoms. The summed E-state index contributed by atoms with van der Waals surface area (Å²) in [6.45, 7) is 6.30. The number of benzene rings is 1. The second-order valence-electron chi connectivity index (χ2n) is 7.24. The van der Waals surface area contributed by atoms with E-state index in [2.05, 4.69) is 44.3 Å². The first-order chi connectivity index (χ1) is 13.1. The minimum Gasteiger partial charge on any atom is -0.310 e. The first-order valence-electron chi connectivity index (χ1n) is 9.94. The summed E-state index contributed by atoms with van der Waals surface area (Å²) < 4.78 is 2.01. The van der Waals surface area contributed by atoms with E-state index in [-0.39, 0.29) is 11.8 Å². The number of carbonyl (C=O) groups excluding carboxylic acids is 1. The minimum atomic E-state index is 0.0462. The highest BCUT2D eigenvalue weighted by Gasteiger charge is 2.20. The molecule has 2 heterocycles. The molecular formula is C23H29N3O. The predicted molar refractivity (Wildman–Crippen MR) is 111 cm³/mol. The fraction of sp³-hybridized carbons (Fsp3) is 0.391. The van der Waals surface area contributed by atoms with Crippen molar-refractivity contribution in [1.29, 1.82) is 0 Å². The molecule has 3 rings (SSSR count). The number of hydrogen-bond donors (Lipinski definition) is 1. The quantitative estimate of drug-likeness (QED) is 0.583. The topological polar surface area (TPSA) is 46.4 Å². The Morgan fingerprint density at radius 2 is 1.93 bits per heavy atom. The van der Waals surface area contributed by atoms with Crippen LogP contribution in [0.2, 0.25) is 0 Å². The van der Waals surface area contributed by atoms with Crippen LogP contribution in [0.3, 0.4) is 0 Å². The van der Waals surface area contributed by atoms with E-state index in [4.69, 9.17) is 4.98 Å². The molecule has 1 atom stereocenters. The fourth-order valence-corrected chi connectivity index (χ4v) is 3.43. The van der Waals surface area contributed by atoms with Crippen LogP contribution in [0.5, 0.6) is 0 Å². The number of imidazole rings is 1. The van der Waals surface area contributed by atoms with Crippen LogP contribution in [0, 0.1) is 12.8 Å². The van der Waals surface area contributed by atoms with Gasteiger partial charge in [0.25, 0.3) is 0 Å². The second-order valence-corrected chi connectivity index (χ2v) is 7.24. The molecule has 0 spiro atoms. The van der Waals surface area contributed by atoms with Gasteiger partial charge in [-0.2, -0.15) is 0 Å². The first-order valence-corrected chi connectivity index (χ1v) is 9.94. The number of rotatable bonds is 8. The number of carbonyl (C=O) groups is 1. The van der Waals surface area contributed by atoms with Crippen molar-refractivity contribution < 1.29 is 4.79 Å². The average molecular weight is 364 g/mol. The molecule has 1 aromatic carbocycles. The molecular weight excluding hydrogens is 334 g/mol. The number of nitrogens with one attached hydrogen (secondary N) is 1. The maximum Gasteiger partial charge on any atom is 0.228 e. The zero-order valence-corrected chi connectivity index (χ0v) is 16.5. The van der Waals surface area contributed by atoms with Gasteiger partial charge < -0.3 is 5.32 Å². The van der Waals surface area contributed by atoms with Crippen molar-refractivity contribution in [3.05, 3.63) is 65.5 Å². The minimum absolute atomic E-state index is 0.0462. The highest BCUT2D eigenvalue weighted by molar-refractivity contribution is 5.92. The smallest absolute Gasteiger partial charge is 0.228 e. The summed E-state index contributed by atoms with van der Waals surface area (Å²) in [7, 11) is 0. The number of unbranched alkanes of at least 4 members (excludes halogenated alkanes) is 1. The third-order valence-corrected chi connectivity index (χ3v) is 5.06. The summed E-state index contributed by atoms with van der Waals surface area (Å²) in [5.41, 5.74) is 4.10. The molecule has 0 aliphatic heterocycles. The van der Waals surface area contributed by atoms with Gasteiger partial charge in [0.15, 0.2) is 0 Å². The molecule has 0 unspecified atom stereocenters. The number of hydrogen-bond acceptors (Lipinski definition) is 2. The zero-order valence-electron chi connectivity index (χ0n) is 16.5. The fourth-order valence-electron chi connectivity index (χ4n) is 3.43. The van der Waals surface area contributed by atoms with Gasteiger partial charge >= 0.3 is 0 Å². The third kappa shape index (κ3) is 4.57. The highest BCUT2D eigenvalue weighted by atomic mass is 16.2. The summed E-state index contributed by atoms with van der Waals surface area (Å²) in [5.74, 6) is 0.950. The molecule has 0 fully saturated rings. The number of nitrogens with zero attached hydrogens (tertiary/aromatic N) is 2. The van der Waals surface area contributed by atoms with Crippen LogP contribution in [0.4, 0.5) is 5.82 Å². The monoisotopic (exact) mass is 363 g/mol. The molecule has 0 radical (unpaired) electrons. The summed E-state index contributed by atoms with van der Waals surface area (Å²) in [6.07, 6.45) is 6.72. The molecule has 4 nitrogen and oxygen atoms in total. The molecule has 3 aromatic rings. The van der Waals surface area contributed by atoms with Crippen LogP contribution < -0.4 is 5.32 Å². The Labute approximate surface area is 161 Å². The molecule has 0 aliphatic carbocycles. The number of fused-ring (bicyclic) bond motifs is 1. The van der Waals surface area contributed by atoms with Gasteiger partial charge in [-0.15, -0.1) is 0 Å². The summed E-state index contributed by atoms with van der Waals surface area (Å²) in [5, 5.41) is 3.20. The van der Waals surface area contributed by atoms with Crippen LogP contribution in [0.25, 0.3) is 5.65 Å². The number of aromatic nitrogens is 2. The highest BCUT2D eigenvalue weighted by Crippen LogP contribution is 2.24. The lowest BCUT2D eigenvalue weighted by atomic mass is 9.98. The van der Waals surface area contributed by atoms with E-state index in [1.807, 2.05) is 34.9 Å². The third-order valence-electron chi connectivity index (χ3n) is 5.06. The van der Waals surface area contributed by atoms with Crippen LogP contribution in [-0.2, 0) is 11.2 Å². The van der Waals surface area contributed by atoms with Crippen LogP contribution in [0.15, 0.2) is 48.7 Å². The van der Waals surface area contributed by atoms with Gasteiger partial charge in [-0.25, -0.2) is 4.98 Å². The van der Waals surface area contributed by atoms with Gasteiger partial charge in [0.1, 0.15) is 11.5 Å². The van der Waals surface area contributed by atoms with Crippen molar-refractivity contribution in [1.82, 2.24) is 9.38 Å². The van der Waals surface area contributed by atoms with E-state index in [0.717, 1.165) is 48.4 Å². The van der Waals surface area contributed by atoms with Crippen LogP contribution >= 0.6 is 0 Å². The standard InChI is InChI=1S/C23H29N3O/c1-4-6-12-19(5-2)23(27)25-22-20(15-18-10-8-7-9-11-18)24-21-14-13-17(3)16-26(21)22/h7-11,13-14,16,19H,4-6,12,15H2,1-3H3,(H,25,27)/t19-/m0/s1. The molecule has 1 N–H and O–H groups in total. The molecule has 0 aliphatic rings. The van der Waals surface area contributed by atoms with Crippen molar-refractivity contribution in [3.8, 4) is 0 Å². The van der Waals surface area contributed by atoms with Crippen molar-refractivity contribution in [2.75, 3.05) is 5.32 Å². The van der Waals surface area contributed by atoms with Gasteiger partial charge in [-0.1, -0.05) is 63.1 Å². The number of pyridine rings is 1. The van der Waals surface area contributed by atoms with Gasteiger partial charge in [0.05, 0.1) is 5.69 Å². The van der Waals surface area contributed by atoms with Crippen molar-refractivity contribution in [3.63, 3.8) is 0 Å². The van der Waals surface area contributed by atoms with Crippen LogP contribution in [-0.4, -0.2) is 15.3 Å². The summed E-state index contributed by atoms with van der Waals surface area (Å²) in [6, 6.07) is 14.3. The Hall–Kier alpha value is -2.62. The Bertz CT molecular complexity index is 899. The molecule has 0 bridgehead atoms. The Morgan fingerprint density at radius 3 is 2.63 bits per heavy atom. The van der Waals surface area contributed by atoms with Gasteiger partial charge in [0, 0.05) is 18.5 Å². The Kier molecular flexibility index (Phi) is 6.28. The van der Waals surface area contributed by atoms with Gasteiger partial charge in [0.2, 0.25) is 5.91 Å². The predicted octanol–water partition coefficient (Wildman–Crippen LogP) is 5.39. The number of anilines is 1. The van der Waals surface area contributed by atoms with E-state index in [0.29, 0.717) is 6.42 Å². The maximum absolute atomic E-state index is 12.9. The molecule has 27 heavy (non-hydrogen) atoms. The molecule has 2 aromatic heterocycles. The summed E-state index contributed by atoms with van der Waals surface area (Å²) in [4.78, 5) is 17.7. The van der Waals surface area contributed by atoms with E-state index >= 15 is 0 Å². The van der Waals surface area contributed by atoms with E-state index < -0.39 is 0 Å². The summed E-state index contributed by atoms with van der Waals surface area (Å²) >= 11 is 0. The molecule has 0 saturated carbocycles. The Morgan fingerprint density at radius 1 is 1.15 bits per heavy atom. The van der Waals surface area contributed by atoms with Crippen LogP contribution in [0.1, 0.15) is 56.4 Å². The van der Waals surface area contributed by atoms with Crippen molar-refractivity contribution in [2.45, 2.75) is 52.9 Å². The SMILES string of the molecule is CCCC[C@H](CC)C(=O)Nc1c(Cc2ccccc2)nc2ccc(C)cn12. The van der Waals surface area contributed by atoms with Gasteiger partial charge in [-0.3, -0.25) is 9.20 Å². The lowest BCUT2D eigenvalue weighted by molar-refractivity contribution is -0.120. The average Bonchev–Trinajstić information content (AvgIpc) is 3.00. The number of aryl methyl sites for hydroxylation is 1. The first kappa shape index (κ1) is 19.2. The van der Waals surface area contributed by atoms with E-state index in [9.17, 15) is 4.79 Å². The van der Waals surface area contributed by atoms with Crippen molar-refractivity contribution >= 4 is 17.4 Å². The second kappa shape index (κ2) is 8.85. The lowest BCUT2D eigenvalue weighted by Gasteiger charge is -2.15. The largest absolute Gasteiger partial charge is 0.310 e. The number of amides is 1.